The lowest BCUT2D eigenvalue weighted by Crippen LogP contribution is -2.14. The molecule has 2 aromatic carbocycles. The predicted octanol–water partition coefficient (Wildman–Crippen LogP) is 4.65. The van der Waals surface area contributed by atoms with Gasteiger partial charge in [0, 0.05) is 23.4 Å². The van der Waals surface area contributed by atoms with Crippen LogP contribution in [0.2, 0.25) is 0 Å². The first-order chi connectivity index (χ1) is 15.9. The molecule has 33 heavy (non-hydrogen) atoms. The Kier molecular flexibility index (Phi) is 6.27. The molecule has 2 aromatic heterocycles. The molecule has 0 aliphatic carbocycles. The van der Waals surface area contributed by atoms with E-state index in [0.29, 0.717) is 17.2 Å². The molecule has 0 aliphatic rings. The number of non-ortho nitro benzene ring substituents is 1. The Balaban J connectivity index is 1.53. The molecule has 4 rings (SSSR count). The van der Waals surface area contributed by atoms with E-state index < -0.39 is 4.92 Å². The van der Waals surface area contributed by atoms with Gasteiger partial charge in [-0.2, -0.15) is 0 Å². The van der Waals surface area contributed by atoms with Gasteiger partial charge in [0.2, 0.25) is 0 Å². The molecule has 0 saturated heterocycles. The number of hydrogen-bond acceptors (Lipinski definition) is 7. The second-order valence-electron chi connectivity index (χ2n) is 7.50. The summed E-state index contributed by atoms with van der Waals surface area (Å²) in [6.45, 7) is 5.72. The van der Waals surface area contributed by atoms with Crippen molar-refractivity contribution in [1.82, 2.24) is 20.0 Å². The van der Waals surface area contributed by atoms with Crippen molar-refractivity contribution in [2.24, 2.45) is 0 Å². The van der Waals surface area contributed by atoms with E-state index in [1.165, 1.54) is 17.4 Å². The molecule has 0 saturated carbocycles. The first-order valence-electron chi connectivity index (χ1n) is 10.4. The number of para-hydroxylation sites is 1. The van der Waals surface area contributed by atoms with E-state index in [9.17, 15) is 14.9 Å². The Morgan fingerprint density at radius 2 is 1.97 bits per heavy atom. The smallest absolute Gasteiger partial charge is 0.279 e. The van der Waals surface area contributed by atoms with E-state index in [-0.39, 0.29) is 17.3 Å². The Morgan fingerprint density at radius 1 is 1.18 bits per heavy atom. The van der Waals surface area contributed by atoms with Gasteiger partial charge < -0.3 is 0 Å². The molecule has 0 aliphatic heterocycles. The van der Waals surface area contributed by atoms with Crippen LogP contribution in [-0.2, 0) is 12.8 Å². The van der Waals surface area contributed by atoms with E-state index in [4.69, 9.17) is 0 Å². The Hall–Kier alpha value is -3.92. The third kappa shape index (κ3) is 4.65. The molecule has 0 spiro atoms. The first kappa shape index (κ1) is 22.3. The number of rotatable bonds is 7. The number of nitrogens with one attached hydrogen (secondary N) is 1. The maximum absolute atomic E-state index is 12.9. The zero-order chi connectivity index (χ0) is 23.5. The number of nitro groups is 1. The molecule has 0 bridgehead atoms. The van der Waals surface area contributed by atoms with Crippen LogP contribution in [0.5, 0.6) is 0 Å². The SMILES string of the molecule is CCc1ccccc1-n1nnc(C(=O)Nc2nc(C)c(Cc3cccc([N+](=O)[O-])c3)s2)c1C. The number of nitrogens with zero attached hydrogens (tertiary/aromatic N) is 5. The predicted molar refractivity (Wildman–Crippen MR) is 126 cm³/mol. The highest BCUT2D eigenvalue weighted by molar-refractivity contribution is 7.15. The van der Waals surface area contributed by atoms with E-state index in [1.807, 2.05) is 44.2 Å². The number of aromatic nitrogens is 4. The van der Waals surface area contributed by atoms with Gasteiger partial charge in [0.15, 0.2) is 10.8 Å². The van der Waals surface area contributed by atoms with Gasteiger partial charge >= 0.3 is 0 Å². The van der Waals surface area contributed by atoms with E-state index in [2.05, 4.69) is 27.5 Å². The number of thiazole rings is 1. The van der Waals surface area contributed by atoms with Gasteiger partial charge in [-0.15, -0.1) is 16.4 Å². The molecule has 0 unspecified atom stereocenters. The van der Waals surface area contributed by atoms with Crippen LogP contribution >= 0.6 is 11.3 Å². The summed E-state index contributed by atoms with van der Waals surface area (Å²) in [5, 5.41) is 22.6. The number of aryl methyl sites for hydroxylation is 2. The number of hydrogen-bond donors (Lipinski definition) is 1. The number of anilines is 1. The van der Waals surface area contributed by atoms with Crippen molar-refractivity contribution in [1.29, 1.82) is 0 Å². The van der Waals surface area contributed by atoms with Gasteiger partial charge in [-0.3, -0.25) is 20.2 Å². The molecule has 1 amide bonds. The van der Waals surface area contributed by atoms with Crippen LogP contribution in [0.25, 0.3) is 5.69 Å². The van der Waals surface area contributed by atoms with Crippen molar-refractivity contribution in [2.45, 2.75) is 33.6 Å². The summed E-state index contributed by atoms with van der Waals surface area (Å²) in [7, 11) is 0. The highest BCUT2D eigenvalue weighted by Crippen LogP contribution is 2.27. The van der Waals surface area contributed by atoms with Crippen molar-refractivity contribution in [3.05, 3.63) is 91.7 Å². The number of carbonyl (C=O) groups is 1. The Labute approximate surface area is 194 Å². The molecule has 0 fully saturated rings. The van der Waals surface area contributed by atoms with Crippen LogP contribution in [0.15, 0.2) is 48.5 Å². The molecule has 168 valence electrons. The summed E-state index contributed by atoms with van der Waals surface area (Å²) >= 11 is 1.34. The Morgan fingerprint density at radius 3 is 2.73 bits per heavy atom. The summed E-state index contributed by atoms with van der Waals surface area (Å²) in [6.07, 6.45) is 1.33. The molecular weight excluding hydrogens is 440 g/mol. The van der Waals surface area contributed by atoms with Gasteiger partial charge in [-0.25, -0.2) is 9.67 Å². The topological polar surface area (TPSA) is 116 Å². The summed E-state index contributed by atoms with van der Waals surface area (Å²) in [4.78, 5) is 28.9. The van der Waals surface area contributed by atoms with Crippen molar-refractivity contribution < 1.29 is 9.72 Å². The second kappa shape index (κ2) is 9.29. The number of nitro benzene ring substituents is 1. The zero-order valence-electron chi connectivity index (χ0n) is 18.4. The van der Waals surface area contributed by atoms with Crippen LogP contribution in [0.1, 0.15) is 44.8 Å². The van der Waals surface area contributed by atoms with E-state index >= 15 is 0 Å². The van der Waals surface area contributed by atoms with Crippen molar-refractivity contribution >= 4 is 28.1 Å². The van der Waals surface area contributed by atoms with Crippen LogP contribution < -0.4 is 5.32 Å². The molecule has 1 N–H and O–H groups in total. The average Bonchev–Trinajstić information content (AvgIpc) is 3.35. The molecule has 10 heteroatoms. The molecule has 4 aromatic rings. The summed E-state index contributed by atoms with van der Waals surface area (Å²) < 4.78 is 1.68. The van der Waals surface area contributed by atoms with E-state index in [1.54, 1.807) is 16.8 Å². The number of amides is 1. The average molecular weight is 463 g/mol. The van der Waals surface area contributed by atoms with Gasteiger partial charge in [-0.1, -0.05) is 42.5 Å². The monoisotopic (exact) mass is 462 g/mol. The van der Waals surface area contributed by atoms with Crippen molar-refractivity contribution in [3.8, 4) is 5.69 Å². The molecule has 0 atom stereocenters. The van der Waals surface area contributed by atoms with Crippen LogP contribution in [0.3, 0.4) is 0 Å². The molecule has 2 heterocycles. The fourth-order valence-corrected chi connectivity index (χ4v) is 4.54. The normalized spacial score (nSPS) is 10.9. The fraction of sp³-hybridized carbons (Fsp3) is 0.217. The minimum Gasteiger partial charge on any atom is -0.296 e. The maximum Gasteiger partial charge on any atom is 0.279 e. The van der Waals surface area contributed by atoms with Crippen molar-refractivity contribution in [3.63, 3.8) is 0 Å². The second-order valence-corrected chi connectivity index (χ2v) is 8.59. The van der Waals surface area contributed by atoms with Gasteiger partial charge in [0.05, 0.1) is 22.0 Å². The number of benzene rings is 2. The van der Waals surface area contributed by atoms with Crippen LogP contribution in [0.4, 0.5) is 10.8 Å². The highest BCUT2D eigenvalue weighted by Gasteiger charge is 2.20. The Bertz CT molecular complexity index is 1340. The summed E-state index contributed by atoms with van der Waals surface area (Å²) in [5.41, 5.74) is 4.49. The third-order valence-corrected chi connectivity index (χ3v) is 6.38. The van der Waals surface area contributed by atoms with Crippen LogP contribution in [0, 0.1) is 24.0 Å². The lowest BCUT2D eigenvalue weighted by molar-refractivity contribution is -0.384. The zero-order valence-corrected chi connectivity index (χ0v) is 19.2. The molecular formula is C23H22N6O3S. The first-order valence-corrected chi connectivity index (χ1v) is 11.2. The third-order valence-electron chi connectivity index (χ3n) is 5.31. The van der Waals surface area contributed by atoms with E-state index in [0.717, 1.165) is 33.8 Å². The highest BCUT2D eigenvalue weighted by atomic mass is 32.1. The van der Waals surface area contributed by atoms with Crippen molar-refractivity contribution in [2.75, 3.05) is 5.32 Å². The summed E-state index contributed by atoms with van der Waals surface area (Å²) in [5.74, 6) is -0.386. The number of carbonyl (C=O) groups excluding carboxylic acids is 1. The lowest BCUT2D eigenvalue weighted by atomic mass is 10.1. The largest absolute Gasteiger partial charge is 0.296 e. The molecule has 0 radical (unpaired) electrons. The lowest BCUT2D eigenvalue weighted by Gasteiger charge is -2.08. The quantitative estimate of drug-likeness (QED) is 0.316. The minimum atomic E-state index is -0.414. The maximum atomic E-state index is 12.9. The minimum absolute atomic E-state index is 0.0476. The summed E-state index contributed by atoms with van der Waals surface area (Å²) in [6, 6.07) is 14.4. The molecule has 9 nitrogen and oxygen atoms in total. The van der Waals surface area contributed by atoms with Gasteiger partial charge in [0.25, 0.3) is 11.6 Å². The fourth-order valence-electron chi connectivity index (χ4n) is 3.55. The van der Waals surface area contributed by atoms with Gasteiger partial charge in [-0.05, 0) is 37.5 Å². The van der Waals surface area contributed by atoms with Crippen LogP contribution in [-0.4, -0.2) is 30.8 Å². The standard InChI is InChI=1S/C23H22N6O3S/c1-4-17-9-5-6-11-19(17)28-15(3)21(26-27-28)22(30)25-23-24-14(2)20(33-23)13-16-8-7-10-18(12-16)29(31)32/h5-12H,4,13H2,1-3H3,(H,24,25,30). The van der Waals surface area contributed by atoms with Gasteiger partial charge in [0.1, 0.15) is 0 Å².